The lowest BCUT2D eigenvalue weighted by atomic mass is 9.53. The van der Waals surface area contributed by atoms with Gasteiger partial charge in [0.1, 0.15) is 0 Å². The van der Waals surface area contributed by atoms with Crippen LogP contribution in [0.5, 0.6) is 0 Å². The van der Waals surface area contributed by atoms with Crippen molar-refractivity contribution in [3.8, 4) is 0 Å². The SMILES string of the molecule is ON=C1CCC2(CC1)OOC1(O2)C2CC3CC(C2)CC1C3. The molecule has 6 fully saturated rings. The molecule has 1 aliphatic heterocycles. The Labute approximate surface area is 124 Å². The molecule has 0 radical (unpaired) electrons. The van der Waals surface area contributed by atoms with Gasteiger partial charge in [-0.25, -0.2) is 0 Å². The molecule has 2 spiro atoms. The highest BCUT2D eigenvalue weighted by Crippen LogP contribution is 2.63. The molecule has 0 aromatic carbocycles. The van der Waals surface area contributed by atoms with Crippen molar-refractivity contribution in [3.05, 3.63) is 0 Å². The number of hydrogen-bond donors (Lipinski definition) is 1. The van der Waals surface area contributed by atoms with E-state index < -0.39 is 11.6 Å². The molecule has 1 saturated heterocycles. The summed E-state index contributed by atoms with van der Waals surface area (Å²) in [6.07, 6.45) is 9.34. The summed E-state index contributed by atoms with van der Waals surface area (Å²) >= 11 is 0. The summed E-state index contributed by atoms with van der Waals surface area (Å²) in [5.74, 6) is 1.75. The van der Waals surface area contributed by atoms with Crippen LogP contribution in [0.25, 0.3) is 0 Å². The Kier molecular flexibility index (Phi) is 2.57. The van der Waals surface area contributed by atoms with Crippen LogP contribution in [0.3, 0.4) is 0 Å². The normalized spacial score (nSPS) is 54.8. The van der Waals surface area contributed by atoms with Crippen LogP contribution in [0, 0.1) is 23.7 Å². The lowest BCUT2D eigenvalue weighted by Gasteiger charge is -2.57. The summed E-state index contributed by atoms with van der Waals surface area (Å²) in [5.41, 5.74) is 0.846. The Morgan fingerprint density at radius 3 is 2.10 bits per heavy atom. The summed E-state index contributed by atoms with van der Waals surface area (Å²) in [7, 11) is 0. The maximum Gasteiger partial charge on any atom is 0.210 e. The van der Waals surface area contributed by atoms with Crippen molar-refractivity contribution in [2.45, 2.75) is 69.4 Å². The van der Waals surface area contributed by atoms with Crippen molar-refractivity contribution < 1.29 is 19.7 Å². The van der Waals surface area contributed by atoms with Crippen LogP contribution < -0.4 is 0 Å². The zero-order valence-corrected chi connectivity index (χ0v) is 12.3. The van der Waals surface area contributed by atoms with Gasteiger partial charge in [0.15, 0.2) is 0 Å². The lowest BCUT2D eigenvalue weighted by Crippen LogP contribution is -2.59. The Balaban J connectivity index is 1.40. The monoisotopic (exact) mass is 293 g/mol. The van der Waals surface area contributed by atoms with Crippen LogP contribution >= 0.6 is 0 Å². The largest absolute Gasteiger partial charge is 0.411 e. The van der Waals surface area contributed by atoms with Gasteiger partial charge in [-0.2, -0.15) is 9.78 Å². The van der Waals surface area contributed by atoms with Crippen molar-refractivity contribution in [3.63, 3.8) is 0 Å². The van der Waals surface area contributed by atoms with Gasteiger partial charge in [0.05, 0.1) is 5.71 Å². The van der Waals surface area contributed by atoms with Gasteiger partial charge in [-0.1, -0.05) is 5.16 Å². The zero-order chi connectivity index (χ0) is 14.1. The molecule has 21 heavy (non-hydrogen) atoms. The molecule has 0 unspecified atom stereocenters. The van der Waals surface area contributed by atoms with Crippen molar-refractivity contribution in [2.75, 3.05) is 0 Å². The van der Waals surface area contributed by atoms with Gasteiger partial charge in [-0.15, -0.1) is 0 Å². The van der Waals surface area contributed by atoms with Crippen molar-refractivity contribution in [2.24, 2.45) is 28.8 Å². The Morgan fingerprint density at radius 1 is 0.905 bits per heavy atom. The van der Waals surface area contributed by atoms with Crippen LogP contribution in [0.15, 0.2) is 5.16 Å². The minimum Gasteiger partial charge on any atom is -0.411 e. The fraction of sp³-hybridized carbons (Fsp3) is 0.938. The number of hydrogen-bond acceptors (Lipinski definition) is 5. The topological polar surface area (TPSA) is 60.3 Å². The van der Waals surface area contributed by atoms with Crippen LogP contribution in [-0.4, -0.2) is 22.5 Å². The first-order valence-corrected chi connectivity index (χ1v) is 8.48. The van der Waals surface area contributed by atoms with Crippen molar-refractivity contribution in [1.29, 1.82) is 0 Å². The van der Waals surface area contributed by atoms with Crippen molar-refractivity contribution >= 4 is 5.71 Å². The molecule has 5 nitrogen and oxygen atoms in total. The Morgan fingerprint density at radius 2 is 1.52 bits per heavy atom. The minimum absolute atomic E-state index is 0.471. The Bertz CT molecular complexity index is 451. The van der Waals surface area contributed by atoms with E-state index >= 15 is 0 Å². The smallest absolute Gasteiger partial charge is 0.210 e. The van der Waals surface area contributed by atoms with Crippen molar-refractivity contribution in [1.82, 2.24) is 0 Å². The summed E-state index contributed by atoms with van der Waals surface area (Å²) in [5, 5.41) is 12.2. The maximum atomic E-state index is 8.90. The second-order valence-corrected chi connectivity index (χ2v) is 7.87. The number of rotatable bonds is 0. The molecule has 6 rings (SSSR count). The molecule has 0 aromatic rings. The third-order valence-corrected chi connectivity index (χ3v) is 6.68. The highest BCUT2D eigenvalue weighted by atomic mass is 17.3. The molecule has 0 amide bonds. The summed E-state index contributed by atoms with van der Waals surface area (Å²) < 4.78 is 6.57. The Hall–Kier alpha value is -0.650. The van der Waals surface area contributed by atoms with Gasteiger partial charge in [0, 0.05) is 24.7 Å². The molecule has 4 bridgehead atoms. The first-order valence-electron chi connectivity index (χ1n) is 8.48. The van der Waals surface area contributed by atoms with E-state index in [-0.39, 0.29) is 0 Å². The van der Waals surface area contributed by atoms with Gasteiger partial charge in [-0.05, 0) is 56.8 Å². The molecule has 5 saturated carbocycles. The molecule has 0 aromatic heterocycles. The van der Waals surface area contributed by atoms with Gasteiger partial charge in [-0.3, -0.25) is 0 Å². The summed E-state index contributed by atoms with van der Waals surface area (Å²) in [4.78, 5) is 11.8. The van der Waals surface area contributed by atoms with Crippen LogP contribution in [0.4, 0.5) is 0 Å². The third-order valence-electron chi connectivity index (χ3n) is 6.68. The quantitative estimate of drug-likeness (QED) is 0.423. The number of oxime groups is 1. The highest BCUT2D eigenvalue weighted by Gasteiger charge is 2.66. The molecule has 1 heterocycles. The summed E-state index contributed by atoms with van der Waals surface area (Å²) in [6, 6.07) is 0. The average molecular weight is 293 g/mol. The van der Waals surface area contributed by atoms with E-state index in [9.17, 15) is 0 Å². The lowest BCUT2D eigenvalue weighted by molar-refractivity contribution is -0.389. The minimum atomic E-state index is -0.594. The first-order chi connectivity index (χ1) is 10.2. The second kappa shape index (κ2) is 4.21. The zero-order valence-electron chi connectivity index (χ0n) is 12.3. The molecule has 1 N–H and O–H groups in total. The van der Waals surface area contributed by atoms with E-state index in [0.29, 0.717) is 11.8 Å². The van der Waals surface area contributed by atoms with Crippen LogP contribution in [0.1, 0.15) is 57.8 Å². The fourth-order valence-corrected chi connectivity index (χ4v) is 5.81. The van der Waals surface area contributed by atoms with E-state index in [2.05, 4.69) is 5.16 Å². The molecule has 5 heteroatoms. The van der Waals surface area contributed by atoms with Crippen LogP contribution in [0.2, 0.25) is 0 Å². The molecular weight excluding hydrogens is 270 g/mol. The summed E-state index contributed by atoms with van der Waals surface area (Å²) in [6.45, 7) is 0. The van der Waals surface area contributed by atoms with Gasteiger partial charge < -0.3 is 9.94 Å². The van der Waals surface area contributed by atoms with Crippen LogP contribution in [-0.2, 0) is 14.5 Å². The fourth-order valence-electron chi connectivity index (χ4n) is 5.81. The molecular formula is C16H23NO4. The second-order valence-electron chi connectivity index (χ2n) is 7.87. The molecule has 0 atom stereocenters. The molecule has 5 aliphatic carbocycles. The van der Waals surface area contributed by atoms with E-state index in [0.717, 1.165) is 43.2 Å². The van der Waals surface area contributed by atoms with Gasteiger partial charge in [0.25, 0.3) is 0 Å². The van der Waals surface area contributed by atoms with Gasteiger partial charge >= 0.3 is 0 Å². The average Bonchev–Trinajstić information content (AvgIpc) is 2.86. The molecule has 116 valence electrons. The number of nitrogens with zero attached hydrogens (tertiary/aromatic N) is 1. The first kappa shape index (κ1) is 12.9. The van der Waals surface area contributed by atoms with E-state index in [1.54, 1.807) is 0 Å². The third kappa shape index (κ3) is 1.71. The standard InChI is InChI=1S/C16H23NO4/c18-17-14-1-3-15(4-2-14)19-16(21-20-15)12-6-10-5-11(8-12)9-13(16)7-10/h10-13,18H,1-9H2. The highest BCUT2D eigenvalue weighted by molar-refractivity contribution is 5.84. The predicted octanol–water partition coefficient (Wildman–Crippen LogP) is 3.22. The van der Waals surface area contributed by atoms with Gasteiger partial charge in [0.2, 0.25) is 11.6 Å². The number of ether oxygens (including phenoxy) is 1. The maximum absolute atomic E-state index is 8.90. The van der Waals surface area contributed by atoms with E-state index in [1.807, 2.05) is 0 Å². The van der Waals surface area contributed by atoms with E-state index in [1.165, 1.54) is 32.1 Å². The molecule has 6 aliphatic rings. The van der Waals surface area contributed by atoms with E-state index in [4.69, 9.17) is 19.7 Å². The predicted molar refractivity (Wildman–Crippen MR) is 73.5 cm³/mol.